The van der Waals surface area contributed by atoms with Gasteiger partial charge in [-0.1, -0.05) is 18.6 Å². The van der Waals surface area contributed by atoms with Gasteiger partial charge in [0.25, 0.3) is 5.91 Å². The van der Waals surface area contributed by atoms with E-state index in [1.807, 2.05) is 18.2 Å². The Morgan fingerprint density at radius 3 is 2.53 bits per heavy atom. The van der Waals surface area contributed by atoms with E-state index in [-0.39, 0.29) is 12.5 Å². The van der Waals surface area contributed by atoms with Crippen molar-refractivity contribution in [2.75, 3.05) is 40.9 Å². The van der Waals surface area contributed by atoms with Crippen LogP contribution in [0, 0.1) is 0 Å². The van der Waals surface area contributed by atoms with Crippen molar-refractivity contribution in [3.05, 3.63) is 59.2 Å². The molecule has 0 bridgehead atoms. The fourth-order valence-electron chi connectivity index (χ4n) is 4.19. The molecule has 3 rings (SSSR count). The molecule has 1 heterocycles. The van der Waals surface area contributed by atoms with Crippen LogP contribution in [0.25, 0.3) is 0 Å². The molecule has 2 aromatic carbocycles. The third-order valence-electron chi connectivity index (χ3n) is 6.29. The fraction of sp³-hybridized carbons (Fsp3) is 0.519. The molecule has 1 amide bonds. The summed E-state index contributed by atoms with van der Waals surface area (Å²) < 4.78 is 11.1. The third-order valence-corrected chi connectivity index (χ3v) is 6.29. The van der Waals surface area contributed by atoms with Crippen molar-refractivity contribution in [3.8, 4) is 11.5 Å². The Labute approximate surface area is 202 Å². The Kier molecular flexibility index (Phi) is 9.74. The van der Waals surface area contributed by atoms with Crippen molar-refractivity contribution < 1.29 is 24.5 Å². The lowest BCUT2D eigenvalue weighted by atomic mass is 10.0. The molecule has 0 saturated heterocycles. The summed E-state index contributed by atoms with van der Waals surface area (Å²) in [5, 5.41) is 21.0. The number of hydrogen-bond acceptors (Lipinski definition) is 6. The number of ether oxygens (including phenoxy) is 2. The molecule has 1 aliphatic heterocycles. The number of aliphatic hydroxyl groups is 2. The molecular formula is C27H38N2O5. The smallest absolute Gasteiger partial charge is 0.253 e. The maximum atomic E-state index is 12.4. The quantitative estimate of drug-likeness (QED) is 0.715. The van der Waals surface area contributed by atoms with E-state index >= 15 is 0 Å². The molecule has 34 heavy (non-hydrogen) atoms. The van der Waals surface area contributed by atoms with Crippen molar-refractivity contribution in [2.45, 2.75) is 50.9 Å². The molecule has 7 nitrogen and oxygen atoms in total. The van der Waals surface area contributed by atoms with Gasteiger partial charge >= 0.3 is 0 Å². The van der Waals surface area contributed by atoms with Crippen LogP contribution in [0.5, 0.6) is 11.5 Å². The number of carbonyl (C=O) groups is 1. The van der Waals surface area contributed by atoms with Crippen LogP contribution in [0.4, 0.5) is 0 Å². The van der Waals surface area contributed by atoms with Crippen LogP contribution in [-0.4, -0.2) is 79.0 Å². The highest BCUT2D eigenvalue weighted by Gasteiger charge is 2.20. The fourth-order valence-corrected chi connectivity index (χ4v) is 4.19. The molecular weight excluding hydrogens is 432 g/mol. The molecule has 0 saturated carbocycles. The highest BCUT2D eigenvalue weighted by Crippen LogP contribution is 2.24. The second-order valence-electron chi connectivity index (χ2n) is 9.19. The summed E-state index contributed by atoms with van der Waals surface area (Å²) in [5.74, 6) is 1.45. The highest BCUT2D eigenvalue weighted by molar-refractivity contribution is 5.94. The number of nitrogens with zero attached hydrogens (tertiary/aromatic N) is 2. The zero-order valence-electron chi connectivity index (χ0n) is 20.6. The Hall–Kier alpha value is -2.61. The van der Waals surface area contributed by atoms with Gasteiger partial charge in [-0.05, 0) is 73.7 Å². The summed E-state index contributed by atoms with van der Waals surface area (Å²) in [6.45, 7) is 2.39. The number of hydrogen-bond donors (Lipinski definition) is 2. The Morgan fingerprint density at radius 2 is 1.82 bits per heavy atom. The molecule has 2 atom stereocenters. The maximum Gasteiger partial charge on any atom is 0.253 e. The molecule has 7 heteroatoms. The van der Waals surface area contributed by atoms with Gasteiger partial charge in [0.2, 0.25) is 0 Å². The van der Waals surface area contributed by atoms with Gasteiger partial charge in [-0.25, -0.2) is 0 Å². The van der Waals surface area contributed by atoms with Crippen LogP contribution in [0.3, 0.4) is 0 Å². The van der Waals surface area contributed by atoms with Gasteiger partial charge in [0.15, 0.2) is 0 Å². The zero-order valence-corrected chi connectivity index (χ0v) is 20.6. The second-order valence-corrected chi connectivity index (χ2v) is 9.19. The summed E-state index contributed by atoms with van der Waals surface area (Å²) in [4.78, 5) is 16.3. The van der Waals surface area contributed by atoms with Crippen LogP contribution in [0.1, 0.15) is 47.2 Å². The first kappa shape index (κ1) is 26.0. The summed E-state index contributed by atoms with van der Waals surface area (Å²) in [6, 6.07) is 13.5. The lowest BCUT2D eigenvalue weighted by Crippen LogP contribution is -2.36. The number of fused-ring (bicyclic) bond motifs is 1. The predicted octanol–water partition coefficient (Wildman–Crippen LogP) is 3.12. The summed E-state index contributed by atoms with van der Waals surface area (Å²) in [6.07, 6.45) is 2.46. The Morgan fingerprint density at radius 1 is 1.06 bits per heavy atom. The van der Waals surface area contributed by atoms with Crippen LogP contribution in [0.15, 0.2) is 42.5 Å². The topological polar surface area (TPSA) is 82.5 Å². The number of benzene rings is 2. The summed E-state index contributed by atoms with van der Waals surface area (Å²) in [7, 11) is 5.13. The maximum absolute atomic E-state index is 12.4. The van der Waals surface area contributed by atoms with Crippen molar-refractivity contribution in [2.24, 2.45) is 0 Å². The highest BCUT2D eigenvalue weighted by atomic mass is 16.5. The summed E-state index contributed by atoms with van der Waals surface area (Å²) in [5.41, 5.74) is 2.77. The lowest BCUT2D eigenvalue weighted by molar-refractivity contribution is -0.0163. The van der Waals surface area contributed by atoms with Crippen molar-refractivity contribution >= 4 is 5.91 Å². The van der Waals surface area contributed by atoms with E-state index in [1.54, 1.807) is 38.2 Å². The number of aryl methyl sites for hydroxylation is 1. The predicted molar refractivity (Wildman–Crippen MR) is 132 cm³/mol. The molecule has 0 radical (unpaired) electrons. The van der Waals surface area contributed by atoms with Crippen LogP contribution >= 0.6 is 0 Å². The molecule has 2 aromatic rings. The lowest BCUT2D eigenvalue weighted by Gasteiger charge is -2.26. The van der Waals surface area contributed by atoms with Crippen molar-refractivity contribution in [1.82, 2.24) is 9.80 Å². The largest absolute Gasteiger partial charge is 0.497 e. The van der Waals surface area contributed by atoms with Gasteiger partial charge in [-0.15, -0.1) is 0 Å². The molecule has 0 aliphatic carbocycles. The minimum atomic E-state index is -0.985. The van der Waals surface area contributed by atoms with Gasteiger partial charge in [-0.2, -0.15) is 0 Å². The van der Waals surface area contributed by atoms with Crippen molar-refractivity contribution in [3.63, 3.8) is 0 Å². The van der Waals surface area contributed by atoms with E-state index in [1.165, 1.54) is 5.56 Å². The molecule has 0 fully saturated rings. The molecule has 1 aliphatic rings. The number of methoxy groups -OCH3 is 1. The van der Waals surface area contributed by atoms with Gasteiger partial charge in [0.05, 0.1) is 13.2 Å². The van der Waals surface area contributed by atoms with E-state index in [0.717, 1.165) is 50.1 Å². The molecule has 0 aromatic heterocycles. The SMILES string of the molecule is COc1ccc(CN2CCCCCc3cc(C(=O)N(C)C)ccc3OC[C@@H](O)[C@@H](O)CC2)cc1. The summed E-state index contributed by atoms with van der Waals surface area (Å²) >= 11 is 0. The van der Waals surface area contributed by atoms with Gasteiger partial charge in [-0.3, -0.25) is 9.69 Å². The van der Waals surface area contributed by atoms with Crippen molar-refractivity contribution in [1.29, 1.82) is 0 Å². The second kappa shape index (κ2) is 12.7. The Bertz CT molecular complexity index is 916. The normalized spacial score (nSPS) is 20.5. The average Bonchev–Trinajstić information content (AvgIpc) is 2.84. The number of carbonyl (C=O) groups excluding carboxylic acids is 1. The first-order valence-corrected chi connectivity index (χ1v) is 12.1. The number of aliphatic hydroxyl groups excluding tert-OH is 2. The molecule has 0 spiro atoms. The third kappa shape index (κ3) is 7.45. The number of amides is 1. The van der Waals surface area contributed by atoms with E-state index in [4.69, 9.17) is 9.47 Å². The van der Waals surface area contributed by atoms with Gasteiger partial charge < -0.3 is 24.6 Å². The first-order valence-electron chi connectivity index (χ1n) is 12.1. The van der Waals surface area contributed by atoms with Crippen LogP contribution in [-0.2, 0) is 13.0 Å². The minimum Gasteiger partial charge on any atom is -0.497 e. The van der Waals surface area contributed by atoms with Crippen LogP contribution < -0.4 is 9.47 Å². The van der Waals surface area contributed by atoms with Crippen LogP contribution in [0.2, 0.25) is 0 Å². The average molecular weight is 471 g/mol. The minimum absolute atomic E-state index is 0.00756. The first-order chi connectivity index (χ1) is 16.4. The van der Waals surface area contributed by atoms with E-state index in [0.29, 0.717) is 24.3 Å². The molecule has 186 valence electrons. The van der Waals surface area contributed by atoms with E-state index in [9.17, 15) is 15.0 Å². The molecule has 0 unspecified atom stereocenters. The zero-order chi connectivity index (χ0) is 24.5. The Balaban J connectivity index is 1.70. The van der Waals surface area contributed by atoms with Gasteiger partial charge in [0.1, 0.15) is 24.2 Å². The van der Waals surface area contributed by atoms with Gasteiger partial charge in [0, 0.05) is 32.7 Å². The number of rotatable bonds is 4. The van der Waals surface area contributed by atoms with E-state index in [2.05, 4.69) is 17.0 Å². The standard InChI is InChI=1S/C27H38N2O5/c1-28(2)27(32)22-10-13-26-21(17-22)7-5-4-6-15-29(16-14-24(30)25(31)19-34-26)18-20-8-11-23(33-3)12-9-20/h8-13,17,24-25,30-31H,4-7,14-16,18-19H2,1-3H3/t24-,25+/m0/s1. The monoisotopic (exact) mass is 470 g/mol. The molecule has 2 N–H and O–H groups in total. The van der Waals surface area contributed by atoms with E-state index < -0.39 is 12.2 Å².